The minimum Gasteiger partial charge on any atom is -0.314 e. The molecule has 0 amide bonds. The first kappa shape index (κ1) is 17.4. The van der Waals surface area contributed by atoms with Crippen LogP contribution in [0.2, 0.25) is 0 Å². The van der Waals surface area contributed by atoms with Gasteiger partial charge in [0, 0.05) is 18.6 Å². The number of hydrogen-bond acceptors (Lipinski definition) is 3. The summed E-state index contributed by atoms with van der Waals surface area (Å²) < 4.78 is 0. The monoisotopic (exact) mass is 253 g/mol. The molecule has 0 radical (unpaired) electrons. The lowest BCUT2D eigenvalue weighted by atomic mass is 9.93. The van der Waals surface area contributed by atoms with Crippen molar-refractivity contribution in [1.29, 1.82) is 5.26 Å². The summed E-state index contributed by atoms with van der Waals surface area (Å²) in [7, 11) is 0. The minimum absolute atomic E-state index is 0.354. The van der Waals surface area contributed by atoms with Crippen LogP contribution in [0, 0.1) is 17.2 Å². The normalized spacial score (nSPS) is 16.9. The van der Waals surface area contributed by atoms with Crippen LogP contribution in [0.4, 0.5) is 0 Å². The molecule has 0 heterocycles. The van der Waals surface area contributed by atoms with Crippen LogP contribution in [0.5, 0.6) is 0 Å². The van der Waals surface area contributed by atoms with Crippen molar-refractivity contribution >= 4 is 0 Å². The molecule has 0 saturated heterocycles. The summed E-state index contributed by atoms with van der Waals surface area (Å²) in [6, 6.07) is 3.15. The van der Waals surface area contributed by atoms with Crippen LogP contribution in [-0.4, -0.2) is 29.1 Å². The van der Waals surface area contributed by atoms with Gasteiger partial charge in [0.05, 0.1) is 6.07 Å². The van der Waals surface area contributed by atoms with Crippen molar-refractivity contribution in [3.63, 3.8) is 0 Å². The summed E-state index contributed by atoms with van der Waals surface area (Å²) in [5, 5.41) is 9.07. The average molecular weight is 253 g/mol. The number of nitriles is 1. The maximum atomic E-state index is 9.07. The largest absolute Gasteiger partial charge is 0.314 e. The summed E-state index contributed by atoms with van der Waals surface area (Å²) in [4.78, 5) is 2.53. The van der Waals surface area contributed by atoms with Gasteiger partial charge in [-0.05, 0) is 39.0 Å². The molecular formula is C15H31N3. The van der Waals surface area contributed by atoms with Crippen LogP contribution in [-0.2, 0) is 0 Å². The molecule has 0 bridgehead atoms. The van der Waals surface area contributed by atoms with Gasteiger partial charge in [-0.2, -0.15) is 5.26 Å². The molecule has 0 aromatic carbocycles. The topological polar surface area (TPSA) is 53.0 Å². The molecule has 0 fully saturated rings. The summed E-state index contributed by atoms with van der Waals surface area (Å²) in [5.74, 6) is 0.638. The van der Waals surface area contributed by atoms with Crippen LogP contribution < -0.4 is 5.73 Å². The van der Waals surface area contributed by atoms with Crippen LogP contribution in [0.25, 0.3) is 0 Å². The van der Waals surface area contributed by atoms with Gasteiger partial charge in [0.25, 0.3) is 0 Å². The highest BCUT2D eigenvalue weighted by atomic mass is 15.2. The van der Waals surface area contributed by atoms with E-state index in [4.69, 9.17) is 11.0 Å². The number of rotatable bonds is 8. The van der Waals surface area contributed by atoms with E-state index >= 15 is 0 Å². The summed E-state index contributed by atoms with van der Waals surface area (Å²) in [5.41, 5.74) is 5.26. The number of hydrogen-bond donors (Lipinski definition) is 1. The van der Waals surface area contributed by atoms with E-state index in [0.29, 0.717) is 18.0 Å². The van der Waals surface area contributed by atoms with E-state index in [2.05, 4.69) is 45.6 Å². The van der Waals surface area contributed by atoms with Crippen molar-refractivity contribution in [2.75, 3.05) is 6.54 Å². The first-order valence-corrected chi connectivity index (χ1v) is 7.23. The van der Waals surface area contributed by atoms with Crippen molar-refractivity contribution in [2.24, 2.45) is 11.7 Å². The first-order chi connectivity index (χ1) is 8.27. The molecule has 3 nitrogen and oxygen atoms in total. The molecule has 18 heavy (non-hydrogen) atoms. The molecule has 2 atom stereocenters. The molecule has 0 aliphatic heterocycles. The van der Waals surface area contributed by atoms with Crippen molar-refractivity contribution in [2.45, 2.75) is 78.4 Å². The maximum absolute atomic E-state index is 9.07. The van der Waals surface area contributed by atoms with E-state index in [0.717, 1.165) is 25.8 Å². The molecule has 2 N–H and O–H groups in total. The fourth-order valence-corrected chi connectivity index (χ4v) is 2.64. The highest BCUT2D eigenvalue weighted by Crippen LogP contribution is 2.20. The SMILES string of the molecule is CCC(CC)N(CC(C)C)C(C)CC(C)(N)C#N. The smallest absolute Gasteiger partial charge is 0.102 e. The van der Waals surface area contributed by atoms with Crippen LogP contribution >= 0.6 is 0 Å². The molecule has 0 spiro atoms. The van der Waals surface area contributed by atoms with E-state index in [9.17, 15) is 0 Å². The predicted molar refractivity (Wildman–Crippen MR) is 78.2 cm³/mol. The van der Waals surface area contributed by atoms with Gasteiger partial charge < -0.3 is 5.73 Å². The van der Waals surface area contributed by atoms with E-state index in [1.165, 1.54) is 0 Å². The van der Waals surface area contributed by atoms with Crippen molar-refractivity contribution < 1.29 is 0 Å². The van der Waals surface area contributed by atoms with Crippen molar-refractivity contribution in [1.82, 2.24) is 4.90 Å². The number of nitrogens with two attached hydrogens (primary N) is 1. The van der Waals surface area contributed by atoms with Gasteiger partial charge in [0.15, 0.2) is 0 Å². The summed E-state index contributed by atoms with van der Waals surface area (Å²) >= 11 is 0. The predicted octanol–water partition coefficient (Wildman–Crippen LogP) is 3.15. The fourth-order valence-electron chi connectivity index (χ4n) is 2.64. The minimum atomic E-state index is -0.722. The molecular weight excluding hydrogens is 222 g/mol. The third kappa shape index (κ3) is 5.84. The van der Waals surface area contributed by atoms with Gasteiger partial charge in [-0.15, -0.1) is 0 Å². The second kappa shape index (κ2) is 7.76. The van der Waals surface area contributed by atoms with Gasteiger partial charge in [0.2, 0.25) is 0 Å². The Balaban J connectivity index is 4.79. The first-order valence-electron chi connectivity index (χ1n) is 7.23. The van der Waals surface area contributed by atoms with Gasteiger partial charge in [0.1, 0.15) is 5.54 Å². The molecule has 0 saturated carbocycles. The molecule has 3 heteroatoms. The van der Waals surface area contributed by atoms with Gasteiger partial charge in [-0.1, -0.05) is 27.7 Å². The highest BCUT2D eigenvalue weighted by molar-refractivity contribution is 5.03. The molecule has 0 aromatic rings. The van der Waals surface area contributed by atoms with E-state index in [1.54, 1.807) is 0 Å². The van der Waals surface area contributed by atoms with Gasteiger partial charge in [-0.3, -0.25) is 4.90 Å². The van der Waals surface area contributed by atoms with Crippen LogP contribution in [0.1, 0.15) is 60.8 Å². The standard InChI is InChI=1S/C15H31N3/c1-7-14(8-2)18(10-12(3)4)13(5)9-15(6,17)11-16/h12-14H,7-10,17H2,1-6H3. The molecule has 2 unspecified atom stereocenters. The Morgan fingerprint density at radius 1 is 1.22 bits per heavy atom. The zero-order valence-electron chi connectivity index (χ0n) is 13.0. The average Bonchev–Trinajstić information content (AvgIpc) is 2.28. The van der Waals surface area contributed by atoms with Gasteiger partial charge >= 0.3 is 0 Å². The van der Waals surface area contributed by atoms with Crippen molar-refractivity contribution in [3.05, 3.63) is 0 Å². The Morgan fingerprint density at radius 3 is 2.06 bits per heavy atom. The number of nitrogens with zero attached hydrogens (tertiary/aromatic N) is 2. The lowest BCUT2D eigenvalue weighted by molar-refractivity contribution is 0.104. The third-order valence-corrected chi connectivity index (χ3v) is 3.53. The lowest BCUT2D eigenvalue weighted by Gasteiger charge is -2.38. The fraction of sp³-hybridized carbons (Fsp3) is 0.933. The zero-order valence-corrected chi connectivity index (χ0v) is 13.0. The highest BCUT2D eigenvalue weighted by Gasteiger charge is 2.28. The quantitative estimate of drug-likeness (QED) is 0.723. The summed E-state index contributed by atoms with van der Waals surface area (Å²) in [6.07, 6.45) is 3.04. The Labute approximate surface area is 113 Å². The van der Waals surface area contributed by atoms with E-state index < -0.39 is 5.54 Å². The van der Waals surface area contributed by atoms with Crippen molar-refractivity contribution in [3.8, 4) is 6.07 Å². The lowest BCUT2D eigenvalue weighted by Crippen LogP contribution is -2.48. The molecule has 0 rings (SSSR count). The van der Waals surface area contributed by atoms with E-state index in [1.807, 2.05) is 6.92 Å². The Hall–Kier alpha value is -0.590. The molecule has 0 aliphatic carbocycles. The molecule has 0 aromatic heterocycles. The molecule has 106 valence electrons. The Morgan fingerprint density at radius 2 is 1.72 bits per heavy atom. The second-order valence-electron chi connectivity index (χ2n) is 6.14. The van der Waals surface area contributed by atoms with Crippen LogP contribution in [0.15, 0.2) is 0 Å². The summed E-state index contributed by atoms with van der Waals surface area (Å²) in [6.45, 7) is 14.1. The maximum Gasteiger partial charge on any atom is 0.102 e. The Kier molecular flexibility index (Phi) is 7.51. The van der Waals surface area contributed by atoms with Gasteiger partial charge in [-0.25, -0.2) is 0 Å². The van der Waals surface area contributed by atoms with Crippen LogP contribution in [0.3, 0.4) is 0 Å². The molecule has 0 aliphatic rings. The zero-order chi connectivity index (χ0) is 14.3. The van der Waals surface area contributed by atoms with E-state index in [-0.39, 0.29) is 0 Å². The Bertz CT molecular complexity index is 261. The third-order valence-electron chi connectivity index (χ3n) is 3.53. The second-order valence-corrected chi connectivity index (χ2v) is 6.14.